The number of hydrogen-bond acceptors (Lipinski definition) is 4. The van der Waals surface area contributed by atoms with Gasteiger partial charge < -0.3 is 19.4 Å². The van der Waals surface area contributed by atoms with Gasteiger partial charge in [0.15, 0.2) is 11.5 Å². The number of rotatable bonds is 7. The van der Waals surface area contributed by atoms with E-state index in [9.17, 15) is 4.79 Å². The van der Waals surface area contributed by atoms with Crippen molar-refractivity contribution in [2.24, 2.45) is 0 Å². The van der Waals surface area contributed by atoms with Crippen LogP contribution in [0.3, 0.4) is 0 Å². The van der Waals surface area contributed by atoms with Crippen LogP contribution < -0.4 is 14.8 Å². The van der Waals surface area contributed by atoms with Crippen molar-refractivity contribution in [1.29, 1.82) is 0 Å². The number of carbonyl (C=O) groups excluding carboxylic acids is 1. The van der Waals surface area contributed by atoms with E-state index in [2.05, 4.69) is 10.3 Å². The summed E-state index contributed by atoms with van der Waals surface area (Å²) in [6.07, 6.45) is 4.87. The molecule has 2 rings (SSSR count). The fourth-order valence-electron chi connectivity index (χ4n) is 2.00. The maximum absolute atomic E-state index is 12.1. The van der Waals surface area contributed by atoms with Gasteiger partial charge in [0.05, 0.1) is 20.0 Å². The highest BCUT2D eigenvalue weighted by Crippen LogP contribution is 2.26. The molecule has 1 N–H and O–H groups in total. The topological polar surface area (TPSA) is 65.4 Å². The predicted octanol–water partition coefficient (Wildman–Crippen LogP) is 2.04. The maximum Gasteiger partial charge on any atom is 0.242 e. The van der Waals surface area contributed by atoms with E-state index < -0.39 is 0 Å². The minimum atomic E-state index is -0.305. The molecule has 0 saturated heterocycles. The molecular weight excluding hydrogens is 282 g/mol. The summed E-state index contributed by atoms with van der Waals surface area (Å²) in [5.41, 5.74) is 0. The Bertz CT molecular complexity index is 598. The minimum absolute atomic E-state index is 0.0755. The Hall–Kier alpha value is -2.50. The summed E-state index contributed by atoms with van der Waals surface area (Å²) in [4.78, 5) is 16.0. The van der Waals surface area contributed by atoms with Crippen LogP contribution in [0.4, 0.5) is 0 Å². The third-order valence-electron chi connectivity index (χ3n) is 3.31. The summed E-state index contributed by atoms with van der Waals surface area (Å²) in [7, 11) is 1.60. The molecule has 0 bridgehead atoms. The molecule has 2 atom stereocenters. The summed E-state index contributed by atoms with van der Waals surface area (Å²) in [6, 6.07) is 7.13. The molecule has 1 amide bonds. The quantitative estimate of drug-likeness (QED) is 0.850. The Morgan fingerprint density at radius 1 is 1.32 bits per heavy atom. The Kier molecular flexibility index (Phi) is 5.41. The fraction of sp³-hybridized carbons (Fsp3) is 0.375. The van der Waals surface area contributed by atoms with Gasteiger partial charge in [-0.2, -0.15) is 0 Å². The van der Waals surface area contributed by atoms with Crippen LogP contribution >= 0.6 is 0 Å². The van der Waals surface area contributed by atoms with E-state index in [1.807, 2.05) is 38.1 Å². The number of para-hydroxylation sites is 2. The third kappa shape index (κ3) is 4.00. The van der Waals surface area contributed by atoms with E-state index in [-0.39, 0.29) is 18.1 Å². The van der Waals surface area contributed by atoms with Gasteiger partial charge in [0.25, 0.3) is 0 Å². The van der Waals surface area contributed by atoms with E-state index in [1.165, 1.54) is 0 Å². The molecule has 2 aromatic rings. The number of nitrogens with zero attached hydrogens (tertiary/aromatic N) is 2. The van der Waals surface area contributed by atoms with E-state index in [0.717, 1.165) is 0 Å². The molecule has 1 heterocycles. The van der Waals surface area contributed by atoms with Crippen LogP contribution in [-0.4, -0.2) is 35.2 Å². The van der Waals surface area contributed by atoms with Crippen molar-refractivity contribution in [3.8, 4) is 11.5 Å². The van der Waals surface area contributed by atoms with Gasteiger partial charge in [-0.05, 0) is 26.0 Å². The summed E-state index contributed by atoms with van der Waals surface area (Å²) in [5.74, 6) is 1.26. The predicted molar refractivity (Wildman–Crippen MR) is 83.0 cm³/mol. The Morgan fingerprint density at radius 3 is 2.68 bits per heavy atom. The molecule has 0 radical (unpaired) electrons. The number of hydrogen-bond donors (Lipinski definition) is 1. The van der Waals surface area contributed by atoms with Gasteiger partial charge in [0.2, 0.25) is 5.91 Å². The van der Waals surface area contributed by atoms with E-state index in [1.54, 1.807) is 30.4 Å². The van der Waals surface area contributed by atoms with Gasteiger partial charge >= 0.3 is 0 Å². The largest absolute Gasteiger partial charge is 0.493 e. The van der Waals surface area contributed by atoms with Crippen LogP contribution in [0.15, 0.2) is 43.0 Å². The van der Waals surface area contributed by atoms with Crippen LogP contribution in [0.5, 0.6) is 11.5 Å². The second-order valence-electron chi connectivity index (χ2n) is 5.01. The van der Waals surface area contributed by atoms with Crippen molar-refractivity contribution < 1.29 is 14.3 Å². The average molecular weight is 303 g/mol. The van der Waals surface area contributed by atoms with Crippen molar-refractivity contribution in [3.63, 3.8) is 0 Å². The lowest BCUT2D eigenvalue weighted by molar-refractivity contribution is -0.124. The van der Waals surface area contributed by atoms with Gasteiger partial charge in [0.1, 0.15) is 12.1 Å². The standard InChI is InChI=1S/C16H21N3O3/c1-12(22-15-7-5-4-6-14(15)21-3)10-18-16(20)13(2)19-9-8-17-11-19/h4-9,11-13H,10H2,1-3H3,(H,18,20)/t12-,13-/m1/s1. The fourth-order valence-corrected chi connectivity index (χ4v) is 2.00. The Labute approximate surface area is 130 Å². The van der Waals surface area contributed by atoms with Crippen molar-refractivity contribution in [2.45, 2.75) is 26.0 Å². The van der Waals surface area contributed by atoms with Crippen molar-refractivity contribution in [3.05, 3.63) is 43.0 Å². The number of benzene rings is 1. The highest BCUT2D eigenvalue weighted by Gasteiger charge is 2.15. The molecule has 0 unspecified atom stereocenters. The molecule has 1 aromatic carbocycles. The summed E-state index contributed by atoms with van der Waals surface area (Å²) in [5, 5.41) is 2.87. The molecule has 0 aliphatic carbocycles. The molecular formula is C16H21N3O3. The zero-order valence-corrected chi connectivity index (χ0v) is 13.0. The molecule has 1 aromatic heterocycles. The monoisotopic (exact) mass is 303 g/mol. The van der Waals surface area contributed by atoms with E-state index >= 15 is 0 Å². The number of aromatic nitrogens is 2. The molecule has 6 nitrogen and oxygen atoms in total. The first-order valence-corrected chi connectivity index (χ1v) is 7.16. The molecule has 0 fully saturated rings. The van der Waals surface area contributed by atoms with Crippen molar-refractivity contribution in [1.82, 2.24) is 14.9 Å². The van der Waals surface area contributed by atoms with E-state index in [4.69, 9.17) is 9.47 Å². The number of amides is 1. The summed E-state index contributed by atoms with van der Waals surface area (Å²) < 4.78 is 12.8. The second-order valence-corrected chi connectivity index (χ2v) is 5.01. The van der Waals surface area contributed by atoms with Crippen molar-refractivity contribution >= 4 is 5.91 Å². The van der Waals surface area contributed by atoms with Crippen molar-refractivity contribution in [2.75, 3.05) is 13.7 Å². The molecule has 0 aliphatic heterocycles. The SMILES string of the molecule is COc1ccccc1O[C@H](C)CNC(=O)[C@@H](C)n1ccnc1. The van der Waals surface area contributed by atoms with Crippen LogP contribution in [0.25, 0.3) is 0 Å². The highest BCUT2D eigenvalue weighted by molar-refractivity contribution is 5.79. The Balaban J connectivity index is 1.85. The number of methoxy groups -OCH3 is 1. The van der Waals surface area contributed by atoms with Gasteiger partial charge in [-0.1, -0.05) is 12.1 Å². The molecule has 0 aliphatic rings. The third-order valence-corrected chi connectivity index (χ3v) is 3.31. The second kappa shape index (κ2) is 7.49. The van der Waals surface area contributed by atoms with Gasteiger partial charge in [0, 0.05) is 12.4 Å². The lowest BCUT2D eigenvalue weighted by Gasteiger charge is -2.19. The summed E-state index contributed by atoms with van der Waals surface area (Å²) in [6.45, 7) is 4.13. The lowest BCUT2D eigenvalue weighted by Crippen LogP contribution is -2.37. The number of ether oxygens (including phenoxy) is 2. The van der Waals surface area contributed by atoms with Gasteiger partial charge in [-0.3, -0.25) is 4.79 Å². The smallest absolute Gasteiger partial charge is 0.242 e. The molecule has 118 valence electrons. The van der Waals surface area contributed by atoms with Crippen LogP contribution in [0.1, 0.15) is 19.9 Å². The average Bonchev–Trinajstić information content (AvgIpc) is 3.06. The lowest BCUT2D eigenvalue weighted by atomic mass is 10.3. The van der Waals surface area contributed by atoms with Gasteiger partial charge in [-0.15, -0.1) is 0 Å². The van der Waals surface area contributed by atoms with Crippen LogP contribution in [-0.2, 0) is 4.79 Å². The van der Waals surface area contributed by atoms with Crippen LogP contribution in [0.2, 0.25) is 0 Å². The number of carbonyl (C=O) groups is 1. The first-order valence-electron chi connectivity index (χ1n) is 7.16. The van der Waals surface area contributed by atoms with E-state index in [0.29, 0.717) is 18.0 Å². The number of imidazole rings is 1. The molecule has 0 saturated carbocycles. The minimum Gasteiger partial charge on any atom is -0.493 e. The zero-order valence-electron chi connectivity index (χ0n) is 13.0. The van der Waals surface area contributed by atoms with Gasteiger partial charge in [-0.25, -0.2) is 4.98 Å². The normalized spacial score (nSPS) is 13.2. The number of nitrogens with one attached hydrogen (secondary N) is 1. The first kappa shape index (κ1) is 15.9. The molecule has 22 heavy (non-hydrogen) atoms. The Morgan fingerprint density at radius 2 is 2.05 bits per heavy atom. The maximum atomic E-state index is 12.1. The first-order chi connectivity index (χ1) is 10.6. The zero-order chi connectivity index (χ0) is 15.9. The summed E-state index contributed by atoms with van der Waals surface area (Å²) >= 11 is 0. The molecule has 0 spiro atoms. The highest BCUT2D eigenvalue weighted by atomic mass is 16.5. The molecule has 6 heteroatoms. The van der Waals surface area contributed by atoms with Crippen LogP contribution in [0, 0.1) is 0 Å².